The molecule has 0 aliphatic carbocycles. The molecule has 1 fully saturated rings. The largest absolute Gasteiger partial charge is 0.435 e. The molecule has 1 aromatic carbocycles. The molecular formula is C19H21F2N3O2. The van der Waals surface area contributed by atoms with Crippen LogP contribution in [0.15, 0.2) is 42.6 Å². The fraction of sp³-hybridized carbons (Fsp3) is 0.368. The molecule has 0 N–H and O–H groups in total. The lowest BCUT2D eigenvalue weighted by atomic mass is 10.1. The van der Waals surface area contributed by atoms with Gasteiger partial charge in [-0.05, 0) is 36.8 Å². The van der Waals surface area contributed by atoms with E-state index in [4.69, 9.17) is 0 Å². The van der Waals surface area contributed by atoms with Crippen LogP contribution in [-0.2, 0) is 6.54 Å². The number of alkyl halides is 2. The van der Waals surface area contributed by atoms with Gasteiger partial charge in [0.05, 0.1) is 5.56 Å². The van der Waals surface area contributed by atoms with E-state index in [0.29, 0.717) is 25.2 Å². The van der Waals surface area contributed by atoms with Gasteiger partial charge in [-0.2, -0.15) is 8.78 Å². The van der Waals surface area contributed by atoms with Crippen LogP contribution in [0.3, 0.4) is 0 Å². The minimum absolute atomic E-state index is 0.00523. The van der Waals surface area contributed by atoms with Gasteiger partial charge in [-0.1, -0.05) is 12.1 Å². The van der Waals surface area contributed by atoms with Gasteiger partial charge in [-0.3, -0.25) is 14.7 Å². The van der Waals surface area contributed by atoms with Crippen LogP contribution in [0.4, 0.5) is 8.78 Å². The van der Waals surface area contributed by atoms with Crippen molar-refractivity contribution in [1.29, 1.82) is 0 Å². The maximum absolute atomic E-state index is 12.5. The molecule has 1 aliphatic heterocycles. The molecule has 0 bridgehead atoms. The summed E-state index contributed by atoms with van der Waals surface area (Å²) in [4.78, 5) is 20.7. The van der Waals surface area contributed by atoms with Gasteiger partial charge >= 0.3 is 6.61 Å². The summed E-state index contributed by atoms with van der Waals surface area (Å²) in [6.45, 7) is 2.62. The van der Waals surface area contributed by atoms with E-state index in [2.05, 4.69) is 14.6 Å². The Morgan fingerprint density at radius 1 is 1.12 bits per heavy atom. The number of halogens is 2. The third kappa shape index (κ3) is 4.76. The van der Waals surface area contributed by atoms with Gasteiger partial charge in [-0.25, -0.2) is 0 Å². The van der Waals surface area contributed by atoms with Crippen molar-refractivity contribution >= 4 is 5.91 Å². The third-order valence-electron chi connectivity index (χ3n) is 4.37. The molecular weight excluding hydrogens is 340 g/mol. The van der Waals surface area contributed by atoms with Crippen LogP contribution < -0.4 is 4.74 Å². The second-order valence-corrected chi connectivity index (χ2v) is 6.28. The van der Waals surface area contributed by atoms with Crippen molar-refractivity contribution in [1.82, 2.24) is 14.8 Å². The molecule has 1 aromatic heterocycles. The monoisotopic (exact) mass is 361 g/mol. The first kappa shape index (κ1) is 18.3. The van der Waals surface area contributed by atoms with Gasteiger partial charge < -0.3 is 9.64 Å². The number of ether oxygens (including phenoxy) is 1. The maximum atomic E-state index is 12.5. The van der Waals surface area contributed by atoms with E-state index in [1.54, 1.807) is 36.5 Å². The molecule has 26 heavy (non-hydrogen) atoms. The Bertz CT molecular complexity index is 727. The fourth-order valence-corrected chi connectivity index (χ4v) is 2.92. The van der Waals surface area contributed by atoms with Crippen LogP contribution in [0.5, 0.6) is 5.75 Å². The number of amides is 1. The number of carbonyl (C=O) groups is 1. The Morgan fingerprint density at radius 2 is 1.81 bits per heavy atom. The van der Waals surface area contributed by atoms with Crippen molar-refractivity contribution in [3.63, 3.8) is 0 Å². The zero-order chi connectivity index (χ0) is 18.5. The van der Waals surface area contributed by atoms with Crippen LogP contribution in [0.25, 0.3) is 0 Å². The van der Waals surface area contributed by atoms with E-state index in [-0.39, 0.29) is 11.7 Å². The Labute approximate surface area is 151 Å². The number of rotatable bonds is 5. The fourth-order valence-electron chi connectivity index (χ4n) is 2.92. The summed E-state index contributed by atoms with van der Waals surface area (Å²) in [5.74, 6) is 0.163. The molecule has 1 aliphatic rings. The molecule has 2 heterocycles. The van der Waals surface area contributed by atoms with Crippen LogP contribution in [0.1, 0.15) is 21.6 Å². The number of aryl methyl sites for hydroxylation is 1. The van der Waals surface area contributed by atoms with Gasteiger partial charge in [0, 0.05) is 44.6 Å². The van der Waals surface area contributed by atoms with Crippen molar-refractivity contribution in [3.05, 3.63) is 59.4 Å². The number of carbonyl (C=O) groups excluding carboxylic acids is 1. The van der Waals surface area contributed by atoms with Crippen molar-refractivity contribution in [2.75, 3.05) is 26.2 Å². The minimum atomic E-state index is -2.81. The van der Waals surface area contributed by atoms with Crippen molar-refractivity contribution < 1.29 is 18.3 Å². The Balaban J connectivity index is 1.50. The van der Waals surface area contributed by atoms with Crippen LogP contribution >= 0.6 is 0 Å². The summed E-state index contributed by atoms with van der Waals surface area (Å²) < 4.78 is 28.7. The van der Waals surface area contributed by atoms with Gasteiger partial charge in [0.25, 0.3) is 5.91 Å². The molecule has 1 amide bonds. The van der Waals surface area contributed by atoms with E-state index in [0.717, 1.165) is 24.3 Å². The molecule has 5 nitrogen and oxygen atoms in total. The molecule has 0 spiro atoms. The van der Waals surface area contributed by atoms with Gasteiger partial charge in [0.15, 0.2) is 0 Å². The number of pyridine rings is 1. The highest BCUT2D eigenvalue weighted by atomic mass is 19.3. The van der Waals surface area contributed by atoms with E-state index in [1.165, 1.54) is 0 Å². The van der Waals surface area contributed by atoms with Crippen LogP contribution in [0.2, 0.25) is 0 Å². The molecule has 0 radical (unpaired) electrons. The van der Waals surface area contributed by atoms with Crippen molar-refractivity contribution in [2.24, 2.45) is 0 Å². The molecule has 138 valence electrons. The van der Waals surface area contributed by atoms with Crippen molar-refractivity contribution in [2.45, 2.75) is 20.1 Å². The lowest BCUT2D eigenvalue weighted by Gasteiger charge is -2.34. The number of aromatic nitrogens is 1. The first-order valence-corrected chi connectivity index (χ1v) is 8.49. The Hall–Kier alpha value is -2.54. The highest BCUT2D eigenvalue weighted by molar-refractivity contribution is 5.94. The lowest BCUT2D eigenvalue weighted by molar-refractivity contribution is -0.0498. The smallest absolute Gasteiger partial charge is 0.387 e. The molecule has 0 unspecified atom stereocenters. The SMILES string of the molecule is Cc1ccc(C(=O)N2CCN(Cc3ccc(OC(F)F)cc3)CC2)cn1. The number of nitrogens with zero attached hydrogens (tertiary/aromatic N) is 3. The minimum Gasteiger partial charge on any atom is -0.435 e. The lowest BCUT2D eigenvalue weighted by Crippen LogP contribution is -2.48. The van der Waals surface area contributed by atoms with E-state index in [9.17, 15) is 13.6 Å². The molecule has 3 rings (SSSR count). The predicted molar refractivity (Wildman–Crippen MR) is 93.2 cm³/mol. The van der Waals surface area contributed by atoms with Crippen LogP contribution in [-0.4, -0.2) is 53.5 Å². The topological polar surface area (TPSA) is 45.7 Å². The van der Waals surface area contributed by atoms with E-state index in [1.807, 2.05) is 17.9 Å². The first-order chi connectivity index (χ1) is 12.5. The standard InChI is InChI=1S/C19H21F2N3O2/c1-14-2-5-16(12-22-14)18(25)24-10-8-23(9-11-24)13-15-3-6-17(7-4-15)26-19(20)21/h2-7,12,19H,8-11,13H2,1H3. The molecule has 0 atom stereocenters. The average molecular weight is 361 g/mol. The second-order valence-electron chi connectivity index (χ2n) is 6.28. The van der Waals surface area contributed by atoms with Gasteiger partial charge in [-0.15, -0.1) is 0 Å². The second kappa shape index (κ2) is 8.23. The van der Waals surface area contributed by atoms with Gasteiger partial charge in [0.2, 0.25) is 0 Å². The summed E-state index contributed by atoms with van der Waals surface area (Å²) in [6.07, 6.45) is 1.62. The Kier molecular flexibility index (Phi) is 5.78. The number of benzene rings is 1. The quantitative estimate of drug-likeness (QED) is 0.821. The molecule has 2 aromatic rings. The Morgan fingerprint density at radius 3 is 2.38 bits per heavy atom. The zero-order valence-corrected chi connectivity index (χ0v) is 14.6. The summed E-state index contributed by atoms with van der Waals surface area (Å²) in [5, 5.41) is 0. The first-order valence-electron chi connectivity index (χ1n) is 8.49. The maximum Gasteiger partial charge on any atom is 0.387 e. The average Bonchev–Trinajstić information content (AvgIpc) is 2.64. The number of piperazine rings is 1. The normalized spacial score (nSPS) is 15.3. The highest BCUT2D eigenvalue weighted by Gasteiger charge is 2.22. The molecule has 7 heteroatoms. The van der Waals surface area contributed by atoms with E-state index >= 15 is 0 Å². The molecule has 1 saturated heterocycles. The van der Waals surface area contributed by atoms with Crippen LogP contribution in [0, 0.1) is 6.92 Å². The highest BCUT2D eigenvalue weighted by Crippen LogP contribution is 2.17. The summed E-state index contributed by atoms with van der Waals surface area (Å²) >= 11 is 0. The van der Waals surface area contributed by atoms with Crippen molar-refractivity contribution in [3.8, 4) is 5.75 Å². The predicted octanol–water partition coefficient (Wildman–Crippen LogP) is 2.95. The van der Waals surface area contributed by atoms with E-state index < -0.39 is 6.61 Å². The zero-order valence-electron chi connectivity index (χ0n) is 14.6. The number of hydrogen-bond donors (Lipinski definition) is 0. The number of hydrogen-bond acceptors (Lipinski definition) is 4. The molecule has 0 saturated carbocycles. The third-order valence-corrected chi connectivity index (χ3v) is 4.37. The van der Waals surface area contributed by atoms with Gasteiger partial charge in [0.1, 0.15) is 5.75 Å². The summed E-state index contributed by atoms with van der Waals surface area (Å²) in [7, 11) is 0. The summed E-state index contributed by atoms with van der Waals surface area (Å²) in [6, 6.07) is 10.3. The summed E-state index contributed by atoms with van der Waals surface area (Å²) in [5.41, 5.74) is 2.52.